The van der Waals surface area contributed by atoms with Gasteiger partial charge in [-0.2, -0.15) is 15.4 Å². The summed E-state index contributed by atoms with van der Waals surface area (Å²) in [4.78, 5) is 11.0. The van der Waals surface area contributed by atoms with Gasteiger partial charge < -0.3 is 9.64 Å². The van der Waals surface area contributed by atoms with E-state index in [1.165, 1.54) is 12.1 Å². The highest BCUT2D eigenvalue weighted by molar-refractivity contribution is 9.10. The molecule has 0 unspecified atom stereocenters. The molecule has 0 radical (unpaired) electrons. The maximum Gasteiger partial charge on any atom is 0.225 e. The van der Waals surface area contributed by atoms with E-state index >= 15 is 0 Å². The highest BCUT2D eigenvalue weighted by Gasteiger charge is 2.23. The standard InChI is InChI=1S/C17H16BrFN6O/c18-14-2-1-12(19)7-16(14)26-13-3-5-25(6-4-13)17-20-8-11(9-21-17)15-10-22-24-23-15/h1-2,7-10,13H,3-6H2,(H,22,23,24). The van der Waals surface area contributed by atoms with Crippen LogP contribution in [0.25, 0.3) is 11.3 Å². The molecule has 0 bridgehead atoms. The molecule has 9 heteroatoms. The third-order valence-electron chi connectivity index (χ3n) is 4.26. The Morgan fingerprint density at radius 2 is 1.92 bits per heavy atom. The number of hydrogen-bond acceptors (Lipinski definition) is 6. The summed E-state index contributed by atoms with van der Waals surface area (Å²) in [6.07, 6.45) is 6.79. The minimum absolute atomic E-state index is 0.0405. The van der Waals surface area contributed by atoms with Crippen LogP contribution in [0.15, 0.2) is 41.3 Å². The van der Waals surface area contributed by atoms with Gasteiger partial charge in [-0.05, 0) is 28.1 Å². The van der Waals surface area contributed by atoms with E-state index in [-0.39, 0.29) is 11.9 Å². The van der Waals surface area contributed by atoms with Crippen molar-refractivity contribution < 1.29 is 9.13 Å². The first kappa shape index (κ1) is 16.9. The quantitative estimate of drug-likeness (QED) is 0.700. The first-order valence-electron chi connectivity index (χ1n) is 8.24. The Hall–Kier alpha value is -2.55. The molecule has 1 aliphatic rings. The fraction of sp³-hybridized carbons (Fsp3) is 0.294. The van der Waals surface area contributed by atoms with Crippen molar-refractivity contribution in [2.24, 2.45) is 0 Å². The molecule has 1 aromatic carbocycles. The number of aromatic amines is 1. The molecule has 4 rings (SSSR count). The zero-order chi connectivity index (χ0) is 17.9. The number of anilines is 1. The van der Waals surface area contributed by atoms with E-state index in [0.29, 0.717) is 17.4 Å². The zero-order valence-corrected chi connectivity index (χ0v) is 15.4. The van der Waals surface area contributed by atoms with Crippen LogP contribution < -0.4 is 9.64 Å². The van der Waals surface area contributed by atoms with E-state index < -0.39 is 0 Å². The van der Waals surface area contributed by atoms with Gasteiger partial charge in [0.15, 0.2) is 0 Å². The molecule has 0 atom stereocenters. The van der Waals surface area contributed by atoms with E-state index in [1.807, 2.05) is 0 Å². The molecule has 134 valence electrons. The number of benzene rings is 1. The van der Waals surface area contributed by atoms with Crippen molar-refractivity contribution in [2.45, 2.75) is 18.9 Å². The Morgan fingerprint density at radius 1 is 1.15 bits per heavy atom. The highest BCUT2D eigenvalue weighted by Crippen LogP contribution is 2.29. The Kier molecular flexibility index (Phi) is 4.79. The monoisotopic (exact) mass is 418 g/mol. The smallest absolute Gasteiger partial charge is 0.225 e. The number of aromatic nitrogens is 5. The molecule has 1 N–H and O–H groups in total. The van der Waals surface area contributed by atoms with Crippen molar-refractivity contribution in [3.05, 3.63) is 47.1 Å². The molecule has 7 nitrogen and oxygen atoms in total. The Balaban J connectivity index is 1.37. The summed E-state index contributed by atoms with van der Waals surface area (Å²) in [5.41, 5.74) is 1.53. The molecule has 0 spiro atoms. The summed E-state index contributed by atoms with van der Waals surface area (Å²) < 4.78 is 20.1. The molecule has 3 heterocycles. The number of piperidine rings is 1. The van der Waals surface area contributed by atoms with Crippen LogP contribution in [0.1, 0.15) is 12.8 Å². The van der Waals surface area contributed by atoms with E-state index in [9.17, 15) is 4.39 Å². The van der Waals surface area contributed by atoms with Gasteiger partial charge in [0.05, 0.1) is 10.7 Å². The molecular weight excluding hydrogens is 403 g/mol. The lowest BCUT2D eigenvalue weighted by atomic mass is 10.1. The summed E-state index contributed by atoms with van der Waals surface area (Å²) in [5, 5.41) is 10.4. The Morgan fingerprint density at radius 3 is 2.62 bits per heavy atom. The molecule has 3 aromatic rings. The van der Waals surface area contributed by atoms with Crippen molar-refractivity contribution >= 4 is 21.9 Å². The summed E-state index contributed by atoms with van der Waals surface area (Å²) in [6, 6.07) is 4.46. The first-order chi connectivity index (χ1) is 12.7. The number of rotatable bonds is 4. The fourth-order valence-electron chi connectivity index (χ4n) is 2.88. The molecule has 0 amide bonds. The van der Waals surface area contributed by atoms with Crippen LogP contribution in [-0.2, 0) is 0 Å². The van der Waals surface area contributed by atoms with Crippen LogP contribution in [0.3, 0.4) is 0 Å². The Labute approximate surface area is 157 Å². The predicted octanol–water partition coefficient (Wildman–Crippen LogP) is 3.21. The van der Waals surface area contributed by atoms with Gasteiger partial charge in [0.1, 0.15) is 23.4 Å². The van der Waals surface area contributed by atoms with Crippen LogP contribution in [-0.4, -0.2) is 44.6 Å². The zero-order valence-electron chi connectivity index (χ0n) is 13.8. The van der Waals surface area contributed by atoms with Crippen LogP contribution in [0.4, 0.5) is 10.3 Å². The first-order valence-corrected chi connectivity index (χ1v) is 9.03. The average Bonchev–Trinajstić information content (AvgIpc) is 3.20. The number of H-pyrrole nitrogens is 1. The second kappa shape index (κ2) is 7.36. The highest BCUT2D eigenvalue weighted by atomic mass is 79.9. The van der Waals surface area contributed by atoms with Crippen LogP contribution >= 0.6 is 15.9 Å². The fourth-order valence-corrected chi connectivity index (χ4v) is 3.22. The molecule has 0 aliphatic carbocycles. The second-order valence-electron chi connectivity index (χ2n) is 6.01. The van der Waals surface area contributed by atoms with Gasteiger partial charge in [-0.25, -0.2) is 14.4 Å². The summed E-state index contributed by atoms with van der Waals surface area (Å²) in [5.74, 6) is 0.917. The van der Waals surface area contributed by atoms with Crippen LogP contribution in [0.2, 0.25) is 0 Å². The largest absolute Gasteiger partial charge is 0.489 e. The molecule has 0 saturated carbocycles. The number of nitrogens with one attached hydrogen (secondary N) is 1. The van der Waals surface area contributed by atoms with E-state index in [0.717, 1.165) is 36.0 Å². The molecule has 1 fully saturated rings. The topological polar surface area (TPSA) is 79.8 Å². The maximum absolute atomic E-state index is 13.4. The second-order valence-corrected chi connectivity index (χ2v) is 6.86. The molecule has 2 aromatic heterocycles. The SMILES string of the molecule is Fc1ccc(Br)c(OC2CCN(c3ncc(-c4cn[nH]n4)cn3)CC2)c1. The average molecular weight is 419 g/mol. The van der Waals surface area contributed by atoms with Gasteiger partial charge in [0, 0.05) is 50.0 Å². The van der Waals surface area contributed by atoms with Crippen molar-refractivity contribution in [1.82, 2.24) is 25.4 Å². The van der Waals surface area contributed by atoms with Gasteiger partial charge in [-0.15, -0.1) is 0 Å². The van der Waals surface area contributed by atoms with E-state index in [2.05, 4.69) is 46.2 Å². The van der Waals surface area contributed by atoms with Crippen LogP contribution in [0.5, 0.6) is 5.75 Å². The van der Waals surface area contributed by atoms with Crippen molar-refractivity contribution in [3.8, 4) is 17.0 Å². The Bertz CT molecular complexity index is 865. The van der Waals surface area contributed by atoms with Crippen molar-refractivity contribution in [1.29, 1.82) is 0 Å². The van der Waals surface area contributed by atoms with E-state index in [1.54, 1.807) is 24.7 Å². The lowest BCUT2D eigenvalue weighted by Gasteiger charge is -2.32. The van der Waals surface area contributed by atoms with Crippen molar-refractivity contribution in [2.75, 3.05) is 18.0 Å². The van der Waals surface area contributed by atoms with Gasteiger partial charge in [0.2, 0.25) is 5.95 Å². The van der Waals surface area contributed by atoms with E-state index in [4.69, 9.17) is 4.74 Å². The minimum atomic E-state index is -0.304. The van der Waals surface area contributed by atoms with Gasteiger partial charge in [-0.3, -0.25) is 0 Å². The third-order valence-corrected chi connectivity index (χ3v) is 4.92. The van der Waals surface area contributed by atoms with Gasteiger partial charge in [-0.1, -0.05) is 0 Å². The normalized spacial score (nSPS) is 15.2. The third kappa shape index (κ3) is 3.67. The predicted molar refractivity (Wildman–Crippen MR) is 97.4 cm³/mol. The molecule has 1 aliphatic heterocycles. The lowest BCUT2D eigenvalue weighted by Crippen LogP contribution is -2.39. The van der Waals surface area contributed by atoms with Gasteiger partial charge >= 0.3 is 0 Å². The number of ether oxygens (including phenoxy) is 1. The minimum Gasteiger partial charge on any atom is -0.489 e. The molecule has 1 saturated heterocycles. The summed E-state index contributed by atoms with van der Waals surface area (Å²) in [6.45, 7) is 1.56. The number of nitrogens with zero attached hydrogens (tertiary/aromatic N) is 5. The number of hydrogen-bond donors (Lipinski definition) is 1. The maximum atomic E-state index is 13.4. The number of halogens is 2. The summed E-state index contributed by atoms with van der Waals surface area (Å²) >= 11 is 3.40. The van der Waals surface area contributed by atoms with Crippen LogP contribution in [0, 0.1) is 5.82 Å². The van der Waals surface area contributed by atoms with Crippen molar-refractivity contribution in [3.63, 3.8) is 0 Å². The summed E-state index contributed by atoms with van der Waals surface area (Å²) in [7, 11) is 0. The molecule has 26 heavy (non-hydrogen) atoms. The lowest BCUT2D eigenvalue weighted by molar-refractivity contribution is 0.168. The van der Waals surface area contributed by atoms with Gasteiger partial charge in [0.25, 0.3) is 0 Å². The molecular formula is C17H16BrFN6O.